The van der Waals surface area contributed by atoms with E-state index < -0.39 is 0 Å². The smallest absolute Gasteiger partial charge is 0.209 e. The summed E-state index contributed by atoms with van der Waals surface area (Å²) in [6, 6.07) is 11.6. The molecule has 0 fully saturated rings. The minimum absolute atomic E-state index is 0.252. The molecule has 0 saturated heterocycles. The van der Waals surface area contributed by atoms with Crippen molar-refractivity contribution in [3.8, 4) is 11.5 Å². The van der Waals surface area contributed by atoms with Crippen LogP contribution in [0, 0.1) is 0 Å². The van der Waals surface area contributed by atoms with Crippen LogP contribution in [0.4, 0.5) is 0 Å². The van der Waals surface area contributed by atoms with Gasteiger partial charge in [-0.1, -0.05) is 23.9 Å². The molecule has 0 aliphatic carbocycles. The third-order valence-electron chi connectivity index (χ3n) is 3.30. The summed E-state index contributed by atoms with van der Waals surface area (Å²) in [7, 11) is 1.62. The van der Waals surface area contributed by atoms with E-state index in [1.54, 1.807) is 30.2 Å². The molecular formula is C16H18N4O2S2. The van der Waals surface area contributed by atoms with Crippen molar-refractivity contribution in [3.63, 3.8) is 0 Å². The molecule has 3 aromatic rings. The van der Waals surface area contributed by atoms with Gasteiger partial charge in [0, 0.05) is 16.7 Å². The summed E-state index contributed by atoms with van der Waals surface area (Å²) < 4.78 is 12.4. The number of hydrogen-bond donors (Lipinski definition) is 1. The lowest BCUT2D eigenvalue weighted by Crippen LogP contribution is -2.16. The molecule has 3 rings (SSSR count). The summed E-state index contributed by atoms with van der Waals surface area (Å²) in [5.74, 6) is 8.98. The highest BCUT2D eigenvalue weighted by molar-refractivity contribution is 7.99. The van der Waals surface area contributed by atoms with Crippen molar-refractivity contribution in [2.45, 2.75) is 18.2 Å². The molecule has 0 atom stereocenters. The number of nitrogen functional groups attached to an aromatic ring is 1. The van der Waals surface area contributed by atoms with Crippen LogP contribution < -0.4 is 15.3 Å². The van der Waals surface area contributed by atoms with Gasteiger partial charge in [0.25, 0.3) is 0 Å². The monoisotopic (exact) mass is 362 g/mol. The van der Waals surface area contributed by atoms with Gasteiger partial charge < -0.3 is 15.3 Å². The van der Waals surface area contributed by atoms with Crippen molar-refractivity contribution in [2.24, 2.45) is 0 Å². The van der Waals surface area contributed by atoms with Crippen molar-refractivity contribution in [3.05, 3.63) is 52.5 Å². The Morgan fingerprint density at radius 3 is 2.88 bits per heavy atom. The van der Waals surface area contributed by atoms with Gasteiger partial charge in [-0.3, -0.25) is 0 Å². The number of rotatable bonds is 8. The predicted molar refractivity (Wildman–Crippen MR) is 96.2 cm³/mol. The first-order valence-corrected chi connectivity index (χ1v) is 9.24. The maximum atomic E-state index is 6.05. The molecule has 24 heavy (non-hydrogen) atoms. The normalized spacial score (nSPS) is 10.7. The van der Waals surface area contributed by atoms with Crippen LogP contribution in [-0.2, 0) is 13.0 Å². The molecule has 1 aromatic carbocycles. The molecule has 2 aromatic heterocycles. The lowest BCUT2D eigenvalue weighted by molar-refractivity contribution is 0.289. The van der Waals surface area contributed by atoms with E-state index in [4.69, 9.17) is 15.3 Å². The number of benzene rings is 1. The van der Waals surface area contributed by atoms with Gasteiger partial charge in [-0.15, -0.1) is 21.5 Å². The molecule has 0 aliphatic heterocycles. The zero-order valence-corrected chi connectivity index (χ0v) is 14.8. The molecule has 0 aliphatic rings. The van der Waals surface area contributed by atoms with Crippen LogP contribution in [0.2, 0.25) is 0 Å². The molecular weight excluding hydrogens is 344 g/mol. The quantitative estimate of drug-likeness (QED) is 0.490. The van der Waals surface area contributed by atoms with Gasteiger partial charge in [-0.2, -0.15) is 0 Å². The fraction of sp³-hybridized carbons (Fsp3) is 0.250. The first-order valence-electron chi connectivity index (χ1n) is 7.37. The summed E-state index contributed by atoms with van der Waals surface area (Å²) in [6.07, 6.45) is 0.991. The molecule has 0 unspecified atom stereocenters. The Labute approximate surface area is 148 Å². The molecule has 2 heterocycles. The summed E-state index contributed by atoms with van der Waals surface area (Å²) in [5, 5.41) is 11.0. The Morgan fingerprint density at radius 1 is 1.21 bits per heavy atom. The van der Waals surface area contributed by atoms with Gasteiger partial charge in [0.1, 0.15) is 18.1 Å². The largest absolute Gasteiger partial charge is 0.497 e. The minimum Gasteiger partial charge on any atom is -0.497 e. The van der Waals surface area contributed by atoms with Crippen molar-refractivity contribution >= 4 is 23.1 Å². The molecule has 8 heteroatoms. The van der Waals surface area contributed by atoms with E-state index in [-0.39, 0.29) is 6.61 Å². The highest BCUT2D eigenvalue weighted by Gasteiger charge is 2.11. The Kier molecular flexibility index (Phi) is 5.60. The number of methoxy groups -OCH3 is 1. The van der Waals surface area contributed by atoms with Crippen LogP contribution in [0.1, 0.15) is 10.7 Å². The van der Waals surface area contributed by atoms with Gasteiger partial charge in [0.2, 0.25) is 5.16 Å². The fourth-order valence-electron chi connectivity index (χ4n) is 2.04. The van der Waals surface area contributed by atoms with Crippen molar-refractivity contribution in [1.29, 1.82) is 0 Å². The maximum Gasteiger partial charge on any atom is 0.209 e. The van der Waals surface area contributed by atoms with E-state index in [1.165, 1.54) is 9.55 Å². The summed E-state index contributed by atoms with van der Waals surface area (Å²) >= 11 is 3.35. The van der Waals surface area contributed by atoms with Crippen LogP contribution in [0.25, 0.3) is 0 Å². The van der Waals surface area contributed by atoms with E-state index in [0.717, 1.165) is 17.9 Å². The third-order valence-corrected chi connectivity index (χ3v) is 5.18. The third kappa shape index (κ3) is 4.21. The van der Waals surface area contributed by atoms with Crippen molar-refractivity contribution in [1.82, 2.24) is 14.9 Å². The predicted octanol–water partition coefficient (Wildman–Crippen LogP) is 2.98. The van der Waals surface area contributed by atoms with E-state index in [1.807, 2.05) is 24.3 Å². The second-order valence-electron chi connectivity index (χ2n) is 4.91. The second kappa shape index (κ2) is 8.07. The van der Waals surface area contributed by atoms with Crippen LogP contribution in [-0.4, -0.2) is 27.7 Å². The Bertz CT molecular complexity index is 774. The first kappa shape index (κ1) is 16.7. The fourth-order valence-corrected chi connectivity index (χ4v) is 3.73. The summed E-state index contributed by atoms with van der Waals surface area (Å²) in [4.78, 5) is 1.35. The van der Waals surface area contributed by atoms with E-state index >= 15 is 0 Å². The number of thioether (sulfide) groups is 1. The Balaban J connectivity index is 1.54. The highest BCUT2D eigenvalue weighted by atomic mass is 32.2. The van der Waals surface area contributed by atoms with Crippen LogP contribution in [0.3, 0.4) is 0 Å². The maximum absolute atomic E-state index is 6.05. The van der Waals surface area contributed by atoms with E-state index in [9.17, 15) is 0 Å². The SMILES string of the molecule is COc1cccc(OCc2nnc(SCCc3cccs3)n2N)c1. The standard InChI is InChI=1S/C16H18N4O2S2/c1-21-12-4-2-5-13(10-12)22-11-15-18-19-16(20(15)17)24-9-7-14-6-3-8-23-14/h2-6,8,10H,7,9,11,17H2,1H3. The topological polar surface area (TPSA) is 75.2 Å². The lowest BCUT2D eigenvalue weighted by Gasteiger charge is -2.07. The van der Waals surface area contributed by atoms with Gasteiger partial charge in [0.15, 0.2) is 5.82 Å². The highest BCUT2D eigenvalue weighted by Crippen LogP contribution is 2.21. The molecule has 0 saturated carbocycles. The zero-order valence-electron chi connectivity index (χ0n) is 13.2. The molecule has 0 spiro atoms. The molecule has 0 radical (unpaired) electrons. The summed E-state index contributed by atoms with van der Waals surface area (Å²) in [5.41, 5.74) is 0. The minimum atomic E-state index is 0.252. The Morgan fingerprint density at radius 2 is 2.08 bits per heavy atom. The van der Waals surface area contributed by atoms with Crippen molar-refractivity contribution < 1.29 is 9.47 Å². The van der Waals surface area contributed by atoms with Crippen molar-refractivity contribution in [2.75, 3.05) is 18.7 Å². The van der Waals surface area contributed by atoms with Crippen LogP contribution in [0.15, 0.2) is 46.9 Å². The number of thiophene rings is 1. The van der Waals surface area contributed by atoms with Gasteiger partial charge >= 0.3 is 0 Å². The molecule has 0 amide bonds. The van der Waals surface area contributed by atoms with E-state index in [0.29, 0.717) is 16.7 Å². The number of aryl methyl sites for hydroxylation is 1. The summed E-state index contributed by atoms with van der Waals surface area (Å²) in [6.45, 7) is 0.252. The van der Waals surface area contributed by atoms with Crippen LogP contribution >= 0.6 is 23.1 Å². The van der Waals surface area contributed by atoms with E-state index in [2.05, 4.69) is 27.7 Å². The van der Waals surface area contributed by atoms with Gasteiger partial charge in [-0.25, -0.2) is 4.68 Å². The molecule has 0 bridgehead atoms. The number of nitrogens with two attached hydrogens (primary N) is 1. The number of aromatic nitrogens is 3. The number of hydrogen-bond acceptors (Lipinski definition) is 7. The Hall–Kier alpha value is -2.19. The second-order valence-corrected chi connectivity index (χ2v) is 7.01. The average Bonchev–Trinajstić information content (AvgIpc) is 3.24. The average molecular weight is 362 g/mol. The molecule has 2 N–H and O–H groups in total. The number of ether oxygens (including phenoxy) is 2. The first-order chi connectivity index (χ1) is 11.8. The number of nitrogens with zero attached hydrogens (tertiary/aromatic N) is 3. The lowest BCUT2D eigenvalue weighted by atomic mass is 10.3. The molecule has 6 nitrogen and oxygen atoms in total. The van der Waals surface area contributed by atoms with Gasteiger partial charge in [-0.05, 0) is 30.0 Å². The molecule has 126 valence electrons. The zero-order chi connectivity index (χ0) is 16.8. The van der Waals surface area contributed by atoms with Gasteiger partial charge in [0.05, 0.1) is 7.11 Å². The van der Waals surface area contributed by atoms with Crippen LogP contribution in [0.5, 0.6) is 11.5 Å².